The first kappa shape index (κ1) is 12.8. The molecule has 1 aliphatic carbocycles. The Morgan fingerprint density at radius 3 is 2.61 bits per heavy atom. The van der Waals surface area contributed by atoms with E-state index in [4.69, 9.17) is 10.6 Å². The van der Waals surface area contributed by atoms with Crippen LogP contribution in [-0.4, -0.2) is 28.1 Å². The van der Waals surface area contributed by atoms with Gasteiger partial charge in [0.25, 0.3) is 0 Å². The number of hydrazine groups is 1. The minimum absolute atomic E-state index is 0.252. The molecule has 7 nitrogen and oxygen atoms in total. The third-order valence-corrected chi connectivity index (χ3v) is 3.07. The third-order valence-electron chi connectivity index (χ3n) is 3.07. The molecule has 1 atom stereocenters. The van der Waals surface area contributed by atoms with Gasteiger partial charge >= 0.3 is 6.01 Å². The Morgan fingerprint density at radius 2 is 2.06 bits per heavy atom. The van der Waals surface area contributed by atoms with E-state index >= 15 is 0 Å². The second-order valence-electron chi connectivity index (χ2n) is 4.54. The molecule has 1 fully saturated rings. The van der Waals surface area contributed by atoms with E-state index in [1.54, 1.807) is 0 Å². The molecular weight excluding hydrogens is 232 g/mol. The standard InChI is InChI=1S/C11H20N6O/c1-3-8(6-7-4-5-7)13-9-14-10(17-12)16-11(15-9)18-2/h7-8H,3-6,12H2,1-2H3,(H2,13,14,15,16,17). The number of nitrogens with one attached hydrogen (secondary N) is 2. The minimum atomic E-state index is 0.252. The first-order valence-electron chi connectivity index (χ1n) is 6.28. The van der Waals surface area contributed by atoms with Gasteiger partial charge in [0.15, 0.2) is 0 Å². The van der Waals surface area contributed by atoms with Crippen LogP contribution < -0.4 is 21.3 Å². The summed E-state index contributed by atoms with van der Waals surface area (Å²) in [6.07, 6.45) is 4.88. The third kappa shape index (κ3) is 3.43. The summed E-state index contributed by atoms with van der Waals surface area (Å²) in [5, 5.41) is 3.31. The number of ether oxygens (including phenoxy) is 1. The molecule has 1 unspecified atom stereocenters. The number of nitrogens with two attached hydrogens (primary N) is 1. The quantitative estimate of drug-likeness (QED) is 0.494. The number of hydrogen-bond acceptors (Lipinski definition) is 7. The van der Waals surface area contributed by atoms with Crippen LogP contribution in [0.2, 0.25) is 0 Å². The fourth-order valence-corrected chi connectivity index (χ4v) is 1.84. The van der Waals surface area contributed by atoms with Gasteiger partial charge in [-0.2, -0.15) is 15.0 Å². The van der Waals surface area contributed by atoms with Crippen LogP contribution in [0.1, 0.15) is 32.6 Å². The zero-order chi connectivity index (χ0) is 13.0. The smallest absolute Gasteiger partial charge is 0.322 e. The molecule has 4 N–H and O–H groups in total. The molecule has 0 aliphatic heterocycles. The lowest BCUT2D eigenvalue weighted by Crippen LogP contribution is -2.22. The average molecular weight is 252 g/mol. The molecule has 100 valence electrons. The van der Waals surface area contributed by atoms with Crippen LogP contribution in [0.4, 0.5) is 11.9 Å². The number of nitrogens with zero attached hydrogens (tertiary/aromatic N) is 3. The Labute approximate surface area is 107 Å². The lowest BCUT2D eigenvalue weighted by Gasteiger charge is -2.16. The maximum Gasteiger partial charge on any atom is 0.322 e. The monoisotopic (exact) mass is 252 g/mol. The van der Waals surface area contributed by atoms with E-state index in [-0.39, 0.29) is 6.01 Å². The van der Waals surface area contributed by atoms with Crippen molar-refractivity contribution in [2.45, 2.75) is 38.6 Å². The predicted octanol–water partition coefficient (Wildman–Crippen LogP) is 1.16. The predicted molar refractivity (Wildman–Crippen MR) is 69.2 cm³/mol. The van der Waals surface area contributed by atoms with Crippen molar-refractivity contribution in [2.75, 3.05) is 17.9 Å². The SMILES string of the molecule is CCC(CC1CC1)Nc1nc(NN)nc(OC)n1. The fourth-order valence-electron chi connectivity index (χ4n) is 1.84. The van der Waals surface area contributed by atoms with Gasteiger partial charge in [-0.1, -0.05) is 19.8 Å². The molecule has 18 heavy (non-hydrogen) atoms. The summed E-state index contributed by atoms with van der Waals surface area (Å²) in [6.45, 7) is 2.15. The van der Waals surface area contributed by atoms with Gasteiger partial charge in [-0.3, -0.25) is 5.43 Å². The van der Waals surface area contributed by atoms with Crippen LogP contribution in [0.15, 0.2) is 0 Å². The number of aromatic nitrogens is 3. The van der Waals surface area contributed by atoms with Crippen LogP contribution in [0.25, 0.3) is 0 Å². The topological polar surface area (TPSA) is 98.0 Å². The Kier molecular flexibility index (Phi) is 4.14. The number of nitrogen functional groups attached to an aromatic ring is 1. The first-order chi connectivity index (χ1) is 8.75. The highest BCUT2D eigenvalue weighted by Crippen LogP contribution is 2.34. The van der Waals surface area contributed by atoms with Gasteiger partial charge in [0.2, 0.25) is 11.9 Å². The van der Waals surface area contributed by atoms with E-state index in [1.807, 2.05) is 0 Å². The molecule has 1 aromatic heterocycles. The van der Waals surface area contributed by atoms with Crippen LogP contribution in [0.3, 0.4) is 0 Å². The lowest BCUT2D eigenvalue weighted by molar-refractivity contribution is 0.379. The molecule has 1 aromatic rings. The van der Waals surface area contributed by atoms with Gasteiger partial charge in [0, 0.05) is 6.04 Å². The molecule has 0 radical (unpaired) electrons. The maximum atomic E-state index is 5.31. The Morgan fingerprint density at radius 1 is 1.33 bits per heavy atom. The van der Waals surface area contributed by atoms with Crippen LogP contribution in [-0.2, 0) is 0 Å². The van der Waals surface area contributed by atoms with E-state index in [1.165, 1.54) is 20.0 Å². The molecule has 0 bridgehead atoms. The highest BCUT2D eigenvalue weighted by Gasteiger charge is 2.25. The van der Waals surface area contributed by atoms with Crippen LogP contribution in [0.5, 0.6) is 6.01 Å². The molecule has 0 saturated heterocycles. The van der Waals surface area contributed by atoms with Gasteiger partial charge in [0.1, 0.15) is 0 Å². The summed E-state index contributed by atoms with van der Waals surface area (Å²) in [5.41, 5.74) is 2.40. The summed E-state index contributed by atoms with van der Waals surface area (Å²) < 4.78 is 5.01. The molecule has 1 aliphatic rings. The number of rotatable bonds is 7. The number of hydrogen-bond donors (Lipinski definition) is 3. The van der Waals surface area contributed by atoms with Gasteiger partial charge in [-0.15, -0.1) is 0 Å². The molecule has 0 amide bonds. The second kappa shape index (κ2) is 5.81. The summed E-state index contributed by atoms with van der Waals surface area (Å²) in [4.78, 5) is 12.3. The van der Waals surface area contributed by atoms with Gasteiger partial charge in [-0.05, 0) is 18.8 Å². The normalized spacial score (nSPS) is 16.2. The van der Waals surface area contributed by atoms with Crippen molar-refractivity contribution in [1.29, 1.82) is 0 Å². The van der Waals surface area contributed by atoms with Crippen molar-refractivity contribution in [1.82, 2.24) is 15.0 Å². The highest BCUT2D eigenvalue weighted by atomic mass is 16.5. The second-order valence-corrected chi connectivity index (χ2v) is 4.54. The number of anilines is 2. The highest BCUT2D eigenvalue weighted by molar-refractivity contribution is 5.35. The van der Waals surface area contributed by atoms with E-state index in [2.05, 4.69) is 32.6 Å². The molecule has 1 heterocycles. The zero-order valence-corrected chi connectivity index (χ0v) is 10.8. The van der Waals surface area contributed by atoms with Gasteiger partial charge in [0.05, 0.1) is 7.11 Å². The lowest BCUT2D eigenvalue weighted by atomic mass is 10.1. The summed E-state index contributed by atoms with van der Waals surface area (Å²) >= 11 is 0. The van der Waals surface area contributed by atoms with Gasteiger partial charge in [-0.25, -0.2) is 5.84 Å². The fraction of sp³-hybridized carbons (Fsp3) is 0.727. The van der Waals surface area contributed by atoms with Crippen molar-refractivity contribution in [2.24, 2.45) is 11.8 Å². The first-order valence-corrected chi connectivity index (χ1v) is 6.28. The molecule has 1 saturated carbocycles. The Balaban J connectivity index is 2.05. The van der Waals surface area contributed by atoms with Crippen LogP contribution >= 0.6 is 0 Å². The van der Waals surface area contributed by atoms with Crippen molar-refractivity contribution in [3.8, 4) is 6.01 Å². The zero-order valence-electron chi connectivity index (χ0n) is 10.8. The van der Waals surface area contributed by atoms with E-state index in [0.717, 1.165) is 18.8 Å². The molecule has 0 spiro atoms. The van der Waals surface area contributed by atoms with Crippen molar-refractivity contribution < 1.29 is 4.74 Å². The minimum Gasteiger partial charge on any atom is -0.467 e. The Bertz CT molecular complexity index is 373. The molecular formula is C11H20N6O. The summed E-state index contributed by atoms with van der Waals surface area (Å²) in [6, 6.07) is 0.636. The summed E-state index contributed by atoms with van der Waals surface area (Å²) in [5.74, 6) is 6.97. The average Bonchev–Trinajstić information content (AvgIpc) is 3.21. The van der Waals surface area contributed by atoms with E-state index in [9.17, 15) is 0 Å². The molecule has 0 aromatic carbocycles. The molecule has 7 heteroatoms. The maximum absolute atomic E-state index is 5.31. The van der Waals surface area contributed by atoms with Crippen molar-refractivity contribution >= 4 is 11.9 Å². The van der Waals surface area contributed by atoms with Crippen molar-refractivity contribution in [3.63, 3.8) is 0 Å². The molecule has 2 rings (SSSR count). The largest absolute Gasteiger partial charge is 0.467 e. The van der Waals surface area contributed by atoms with Gasteiger partial charge < -0.3 is 10.1 Å². The Hall–Kier alpha value is -1.63. The van der Waals surface area contributed by atoms with E-state index < -0.39 is 0 Å². The number of methoxy groups -OCH3 is 1. The van der Waals surface area contributed by atoms with E-state index in [0.29, 0.717) is 17.9 Å². The van der Waals surface area contributed by atoms with Crippen LogP contribution in [0, 0.1) is 5.92 Å². The summed E-state index contributed by atoms with van der Waals surface area (Å²) in [7, 11) is 1.51. The van der Waals surface area contributed by atoms with Crippen molar-refractivity contribution in [3.05, 3.63) is 0 Å².